The Kier molecular flexibility index (Phi) is 8.30. The molecule has 37 heavy (non-hydrogen) atoms. The summed E-state index contributed by atoms with van der Waals surface area (Å²) in [5, 5.41) is 0.470. The molecule has 0 aliphatic carbocycles. The number of benzene rings is 2. The van der Waals surface area contributed by atoms with Crippen molar-refractivity contribution in [1.82, 2.24) is 10.3 Å². The Hall–Kier alpha value is -3.03. The number of hydrogen-bond acceptors (Lipinski definition) is 4. The minimum Gasteiger partial charge on any atom is -0.349 e. The number of carbonyl (C=O) groups is 1. The van der Waals surface area contributed by atoms with Gasteiger partial charge in [0.05, 0.1) is 39.1 Å². The molecule has 0 fully saturated rings. The fourth-order valence-electron chi connectivity index (χ4n) is 3.11. The van der Waals surface area contributed by atoms with Gasteiger partial charge in [-0.25, -0.2) is 8.42 Å². The van der Waals surface area contributed by atoms with Crippen LogP contribution in [0.5, 0.6) is 0 Å². The lowest BCUT2D eigenvalue weighted by atomic mass is 10.2. The Balaban J connectivity index is 2.07. The molecule has 3 rings (SSSR count). The van der Waals surface area contributed by atoms with Gasteiger partial charge < -0.3 is 5.32 Å². The van der Waals surface area contributed by atoms with Crippen LogP contribution in [0.4, 0.5) is 32.0 Å². The lowest BCUT2D eigenvalue weighted by Crippen LogP contribution is -2.41. The number of rotatable bonds is 7. The summed E-state index contributed by atoms with van der Waals surface area (Å²) in [7, 11) is -5.00. The van der Waals surface area contributed by atoms with E-state index in [2.05, 4.69) is 10.3 Å². The van der Waals surface area contributed by atoms with Gasteiger partial charge in [0.25, 0.3) is 10.0 Å². The van der Waals surface area contributed by atoms with Gasteiger partial charge in [0.15, 0.2) is 0 Å². The second-order valence-corrected chi connectivity index (χ2v) is 10.0. The first-order chi connectivity index (χ1) is 17.1. The van der Waals surface area contributed by atoms with Crippen LogP contribution < -0.4 is 9.62 Å². The average molecular weight is 586 g/mol. The van der Waals surface area contributed by atoms with Crippen LogP contribution in [-0.2, 0) is 33.7 Å². The first-order valence-corrected chi connectivity index (χ1v) is 12.2. The number of anilines is 1. The summed E-state index contributed by atoms with van der Waals surface area (Å²) >= 11 is 11.8. The van der Waals surface area contributed by atoms with Gasteiger partial charge in [-0.1, -0.05) is 35.3 Å². The minimum atomic E-state index is -5.00. The number of alkyl halides is 6. The third kappa shape index (κ3) is 6.65. The van der Waals surface area contributed by atoms with Crippen LogP contribution in [0.25, 0.3) is 0 Å². The van der Waals surface area contributed by atoms with Crippen molar-refractivity contribution in [3.8, 4) is 0 Å². The predicted octanol–water partition coefficient (Wildman–Crippen LogP) is 5.94. The number of aromatic nitrogens is 1. The topological polar surface area (TPSA) is 79.4 Å². The number of pyridine rings is 1. The van der Waals surface area contributed by atoms with E-state index in [-0.39, 0.29) is 10.8 Å². The number of amides is 1. The maximum Gasteiger partial charge on any atom is 0.417 e. The normalized spacial score (nSPS) is 12.3. The maximum absolute atomic E-state index is 13.5. The SMILES string of the molecule is O=C(CN(c1cccc(C(F)(F)F)c1Cl)S(=O)(=O)c1ccc(C(F)(F)F)cc1Cl)NCc1ccccn1. The summed E-state index contributed by atoms with van der Waals surface area (Å²) in [6.07, 6.45) is -8.38. The Morgan fingerprint density at radius 3 is 2.22 bits per heavy atom. The van der Waals surface area contributed by atoms with Gasteiger partial charge in [-0.15, -0.1) is 0 Å². The minimum absolute atomic E-state index is 0.148. The Labute approximate surface area is 216 Å². The quantitative estimate of drug-likeness (QED) is 0.348. The summed E-state index contributed by atoms with van der Waals surface area (Å²) in [5.41, 5.74) is -2.99. The number of hydrogen-bond donors (Lipinski definition) is 1. The van der Waals surface area contributed by atoms with E-state index in [0.29, 0.717) is 30.0 Å². The monoisotopic (exact) mass is 585 g/mol. The third-order valence-electron chi connectivity index (χ3n) is 4.86. The Morgan fingerprint density at radius 2 is 1.65 bits per heavy atom. The molecule has 15 heteroatoms. The number of halogens is 8. The molecule has 0 spiro atoms. The van der Waals surface area contributed by atoms with Crippen LogP contribution in [-0.4, -0.2) is 25.9 Å². The molecular formula is C22H15Cl2F6N3O3S. The fraction of sp³-hybridized carbons (Fsp3) is 0.182. The smallest absolute Gasteiger partial charge is 0.349 e. The van der Waals surface area contributed by atoms with Gasteiger partial charge in [0.1, 0.15) is 11.4 Å². The molecule has 1 heterocycles. The maximum atomic E-state index is 13.5. The van der Waals surface area contributed by atoms with Crippen molar-refractivity contribution in [2.24, 2.45) is 0 Å². The molecule has 0 atom stereocenters. The van der Waals surface area contributed by atoms with Crippen molar-refractivity contribution < 1.29 is 39.6 Å². The molecule has 6 nitrogen and oxygen atoms in total. The predicted molar refractivity (Wildman–Crippen MR) is 124 cm³/mol. The summed E-state index contributed by atoms with van der Waals surface area (Å²) in [4.78, 5) is 15.7. The first-order valence-electron chi connectivity index (χ1n) is 10.0. The van der Waals surface area contributed by atoms with E-state index in [1.807, 2.05) is 0 Å². The van der Waals surface area contributed by atoms with Gasteiger partial charge in [0.2, 0.25) is 5.91 Å². The molecule has 0 aliphatic heterocycles. The summed E-state index contributed by atoms with van der Waals surface area (Å²) in [6.45, 7) is -1.22. The van der Waals surface area contributed by atoms with Crippen LogP contribution in [0, 0.1) is 0 Å². The molecule has 1 amide bonds. The van der Waals surface area contributed by atoms with E-state index < -0.39 is 66.6 Å². The average Bonchev–Trinajstić information content (AvgIpc) is 2.80. The standard InChI is InChI=1S/C22H15Cl2F6N3O3S/c23-16-10-13(21(25,26)27)7-8-18(16)37(35,36)33(12-19(34)32-11-14-4-1-2-9-31-14)17-6-3-5-15(20(17)24)22(28,29)30/h1-10H,11-12H2,(H,32,34). The first kappa shape index (κ1) is 28.5. The van der Waals surface area contributed by atoms with Crippen molar-refractivity contribution in [2.75, 3.05) is 10.8 Å². The molecule has 0 unspecified atom stereocenters. The molecule has 0 saturated heterocycles. The number of nitrogens with zero attached hydrogens (tertiary/aromatic N) is 2. The molecule has 0 bridgehead atoms. The van der Waals surface area contributed by atoms with E-state index in [1.54, 1.807) is 18.2 Å². The van der Waals surface area contributed by atoms with Gasteiger partial charge in [0, 0.05) is 6.20 Å². The highest BCUT2D eigenvalue weighted by Crippen LogP contribution is 2.42. The number of carbonyl (C=O) groups excluding carboxylic acids is 1. The zero-order chi connectivity index (χ0) is 27.6. The van der Waals surface area contributed by atoms with Crippen LogP contribution in [0.15, 0.2) is 65.7 Å². The molecule has 198 valence electrons. The van der Waals surface area contributed by atoms with Crippen molar-refractivity contribution in [3.63, 3.8) is 0 Å². The molecule has 0 aliphatic rings. The zero-order valence-electron chi connectivity index (χ0n) is 18.2. The van der Waals surface area contributed by atoms with Crippen molar-refractivity contribution in [3.05, 3.63) is 87.7 Å². The van der Waals surface area contributed by atoms with Crippen molar-refractivity contribution in [1.29, 1.82) is 0 Å². The van der Waals surface area contributed by atoms with E-state index in [1.165, 1.54) is 6.20 Å². The molecule has 1 aromatic heterocycles. The second kappa shape index (κ2) is 10.8. The lowest BCUT2D eigenvalue weighted by Gasteiger charge is -2.26. The van der Waals surface area contributed by atoms with Crippen LogP contribution in [0.3, 0.4) is 0 Å². The Morgan fingerprint density at radius 1 is 0.946 bits per heavy atom. The molecule has 0 radical (unpaired) electrons. The third-order valence-corrected chi connectivity index (χ3v) is 7.50. The molecule has 2 aromatic carbocycles. The van der Waals surface area contributed by atoms with E-state index in [9.17, 15) is 39.6 Å². The summed E-state index contributed by atoms with van der Waals surface area (Å²) < 4.78 is 107. The molecule has 3 aromatic rings. The van der Waals surface area contributed by atoms with E-state index in [4.69, 9.17) is 23.2 Å². The van der Waals surface area contributed by atoms with Gasteiger partial charge >= 0.3 is 12.4 Å². The van der Waals surface area contributed by atoms with Crippen molar-refractivity contribution >= 4 is 44.8 Å². The van der Waals surface area contributed by atoms with Crippen LogP contribution in [0.1, 0.15) is 16.8 Å². The van der Waals surface area contributed by atoms with E-state index in [0.717, 1.165) is 12.1 Å². The zero-order valence-corrected chi connectivity index (χ0v) is 20.6. The van der Waals surface area contributed by atoms with Gasteiger partial charge in [-0.3, -0.25) is 14.1 Å². The molecule has 0 saturated carbocycles. The van der Waals surface area contributed by atoms with Gasteiger partial charge in [-0.05, 0) is 42.5 Å². The highest BCUT2D eigenvalue weighted by Gasteiger charge is 2.38. The molecule has 1 N–H and O–H groups in total. The summed E-state index contributed by atoms with van der Waals surface area (Å²) in [5.74, 6) is -0.967. The second-order valence-electron chi connectivity index (χ2n) is 7.39. The summed E-state index contributed by atoms with van der Waals surface area (Å²) in [6, 6.07) is 8.51. The largest absolute Gasteiger partial charge is 0.417 e. The highest BCUT2D eigenvalue weighted by molar-refractivity contribution is 7.93. The number of nitrogens with one attached hydrogen (secondary N) is 1. The lowest BCUT2D eigenvalue weighted by molar-refractivity contribution is -0.138. The molecular weight excluding hydrogens is 571 g/mol. The fourth-order valence-corrected chi connectivity index (χ4v) is 5.45. The Bertz CT molecular complexity index is 1400. The van der Waals surface area contributed by atoms with Crippen LogP contribution in [0.2, 0.25) is 10.0 Å². The highest BCUT2D eigenvalue weighted by atomic mass is 35.5. The van der Waals surface area contributed by atoms with Crippen molar-refractivity contribution in [2.45, 2.75) is 23.8 Å². The van der Waals surface area contributed by atoms with Gasteiger partial charge in [-0.2, -0.15) is 26.3 Å². The number of sulfonamides is 1. The van der Waals surface area contributed by atoms with Crippen LogP contribution >= 0.6 is 23.2 Å². The van der Waals surface area contributed by atoms with E-state index >= 15 is 0 Å².